The fraction of sp³-hybridized carbons (Fsp3) is 0.857. The number of ether oxygens (including phenoxy) is 8. The molecule has 3 unspecified atom stereocenters. The van der Waals surface area contributed by atoms with Gasteiger partial charge in [0.1, 0.15) is 31.0 Å². The van der Waals surface area contributed by atoms with Gasteiger partial charge in [-0.3, -0.25) is 19.2 Å². The van der Waals surface area contributed by atoms with E-state index in [-0.39, 0.29) is 0 Å². The summed E-state index contributed by atoms with van der Waals surface area (Å²) in [7, 11) is 0. The van der Waals surface area contributed by atoms with E-state index < -0.39 is 91.9 Å². The standard InChI is InChI=1S/C28H46O14/c1-7-8-9-10-11-12-13-35-27-22(34)21(33)23(15(2)37-27)41-28-26(40-19(6)32)25(39-18(5)31)24(42-28)20(38-17(4)30)14-36-16(3)29/h15,20-28,33-34H,7-14H2,1-6H3/t15?,20-,21?,22?,23+,24+,25+,26-,27-,28-/m1/s1. The van der Waals surface area contributed by atoms with Crippen LogP contribution in [0.2, 0.25) is 0 Å². The second kappa shape index (κ2) is 17.7. The minimum Gasteiger partial charge on any atom is -0.462 e. The third kappa shape index (κ3) is 11.0. The van der Waals surface area contributed by atoms with Crippen LogP contribution in [0, 0.1) is 0 Å². The molecule has 42 heavy (non-hydrogen) atoms. The fourth-order valence-corrected chi connectivity index (χ4v) is 4.88. The molecule has 14 nitrogen and oxygen atoms in total. The molecule has 2 aliphatic rings. The molecular formula is C28H46O14. The van der Waals surface area contributed by atoms with Crippen LogP contribution in [-0.4, -0.2) is 109 Å². The Morgan fingerprint density at radius 3 is 1.95 bits per heavy atom. The highest BCUT2D eigenvalue weighted by atomic mass is 16.8. The van der Waals surface area contributed by atoms with Crippen molar-refractivity contribution < 1.29 is 67.3 Å². The van der Waals surface area contributed by atoms with E-state index in [1.807, 2.05) is 0 Å². The van der Waals surface area contributed by atoms with Gasteiger partial charge in [0.05, 0.1) is 6.10 Å². The molecule has 0 spiro atoms. The van der Waals surface area contributed by atoms with Gasteiger partial charge in [-0.2, -0.15) is 0 Å². The summed E-state index contributed by atoms with van der Waals surface area (Å²) in [6.07, 6.45) is -6.59. The number of hydrogen-bond acceptors (Lipinski definition) is 14. The molecule has 2 fully saturated rings. The first-order chi connectivity index (χ1) is 19.8. The van der Waals surface area contributed by atoms with Gasteiger partial charge in [-0.25, -0.2) is 0 Å². The molecule has 10 atom stereocenters. The van der Waals surface area contributed by atoms with Crippen molar-refractivity contribution in [2.24, 2.45) is 0 Å². The molecule has 0 aromatic carbocycles. The first-order valence-electron chi connectivity index (χ1n) is 14.4. The summed E-state index contributed by atoms with van der Waals surface area (Å²) < 4.78 is 44.5. The van der Waals surface area contributed by atoms with Gasteiger partial charge in [-0.1, -0.05) is 39.0 Å². The summed E-state index contributed by atoms with van der Waals surface area (Å²) >= 11 is 0. The summed E-state index contributed by atoms with van der Waals surface area (Å²) in [6.45, 7) is 8.13. The van der Waals surface area contributed by atoms with Crippen molar-refractivity contribution in [3.05, 3.63) is 0 Å². The quantitative estimate of drug-likeness (QED) is 0.146. The number of esters is 4. The Morgan fingerprint density at radius 2 is 1.36 bits per heavy atom. The number of carbonyl (C=O) groups excluding carboxylic acids is 4. The van der Waals surface area contributed by atoms with Gasteiger partial charge in [0.15, 0.2) is 30.9 Å². The number of unbranched alkanes of at least 4 members (excludes halogenated alkanes) is 5. The van der Waals surface area contributed by atoms with Gasteiger partial charge >= 0.3 is 23.9 Å². The van der Waals surface area contributed by atoms with Gasteiger partial charge in [-0.05, 0) is 13.3 Å². The van der Waals surface area contributed by atoms with Crippen molar-refractivity contribution in [2.45, 2.75) is 141 Å². The average Bonchev–Trinajstić information content (AvgIpc) is 3.21. The van der Waals surface area contributed by atoms with Gasteiger partial charge < -0.3 is 48.1 Å². The molecule has 2 heterocycles. The Morgan fingerprint density at radius 1 is 0.738 bits per heavy atom. The summed E-state index contributed by atoms with van der Waals surface area (Å²) in [5.41, 5.74) is 0. The van der Waals surface area contributed by atoms with E-state index in [4.69, 9.17) is 37.9 Å². The van der Waals surface area contributed by atoms with Crippen LogP contribution in [0.4, 0.5) is 0 Å². The maximum Gasteiger partial charge on any atom is 0.303 e. The van der Waals surface area contributed by atoms with Crippen LogP contribution in [0.3, 0.4) is 0 Å². The van der Waals surface area contributed by atoms with Gasteiger partial charge in [-0.15, -0.1) is 0 Å². The van der Waals surface area contributed by atoms with Crippen LogP contribution in [0.15, 0.2) is 0 Å². The lowest BCUT2D eigenvalue weighted by molar-refractivity contribution is -0.324. The minimum absolute atomic E-state index is 0.338. The van der Waals surface area contributed by atoms with Crippen molar-refractivity contribution in [3.8, 4) is 0 Å². The summed E-state index contributed by atoms with van der Waals surface area (Å²) in [5, 5.41) is 21.7. The van der Waals surface area contributed by atoms with Crippen LogP contribution in [0.25, 0.3) is 0 Å². The number of aliphatic hydroxyl groups excluding tert-OH is 2. The van der Waals surface area contributed by atoms with Crippen molar-refractivity contribution >= 4 is 23.9 Å². The third-order valence-corrected chi connectivity index (χ3v) is 6.79. The SMILES string of the molecule is CCCCCCCCO[C@@H]1OC(C)[C@H](O[C@@H]2O[C@@H]([C@@H](COC(C)=O)OC(C)=O)[C@H](OC(C)=O)[C@H]2OC(C)=O)C(O)C1O. The van der Waals surface area contributed by atoms with Crippen molar-refractivity contribution in [1.82, 2.24) is 0 Å². The summed E-state index contributed by atoms with van der Waals surface area (Å²) in [5.74, 6) is -2.95. The number of hydrogen-bond donors (Lipinski definition) is 2. The van der Waals surface area contributed by atoms with Crippen LogP contribution in [0.5, 0.6) is 0 Å². The fourth-order valence-electron chi connectivity index (χ4n) is 4.88. The van der Waals surface area contributed by atoms with E-state index in [9.17, 15) is 29.4 Å². The molecule has 0 amide bonds. The van der Waals surface area contributed by atoms with E-state index in [1.54, 1.807) is 6.92 Å². The van der Waals surface area contributed by atoms with Crippen molar-refractivity contribution in [1.29, 1.82) is 0 Å². The normalized spacial score (nSPS) is 31.7. The second-order valence-electron chi connectivity index (χ2n) is 10.5. The first-order valence-corrected chi connectivity index (χ1v) is 14.4. The maximum absolute atomic E-state index is 12.0. The predicted octanol–water partition coefficient (Wildman–Crippen LogP) is 1.30. The van der Waals surface area contributed by atoms with Gasteiger partial charge in [0.25, 0.3) is 0 Å². The Labute approximate surface area is 246 Å². The highest BCUT2D eigenvalue weighted by Gasteiger charge is 2.56. The summed E-state index contributed by atoms with van der Waals surface area (Å²) in [4.78, 5) is 47.3. The zero-order valence-corrected chi connectivity index (χ0v) is 25.2. The molecule has 0 saturated carbocycles. The molecular weight excluding hydrogens is 560 g/mol. The molecule has 0 bridgehead atoms. The van der Waals surface area contributed by atoms with E-state index >= 15 is 0 Å². The lowest BCUT2D eigenvalue weighted by atomic mass is 9.99. The van der Waals surface area contributed by atoms with E-state index in [0.29, 0.717) is 6.61 Å². The van der Waals surface area contributed by atoms with Crippen molar-refractivity contribution in [2.75, 3.05) is 13.2 Å². The van der Waals surface area contributed by atoms with E-state index in [1.165, 1.54) is 6.42 Å². The Balaban J connectivity index is 2.18. The zero-order chi connectivity index (χ0) is 31.4. The summed E-state index contributed by atoms with van der Waals surface area (Å²) in [6, 6.07) is 0. The highest BCUT2D eigenvalue weighted by Crippen LogP contribution is 2.34. The molecule has 0 aromatic rings. The van der Waals surface area contributed by atoms with E-state index in [2.05, 4.69) is 6.92 Å². The average molecular weight is 607 g/mol. The molecule has 242 valence electrons. The molecule has 0 aromatic heterocycles. The highest BCUT2D eigenvalue weighted by molar-refractivity contribution is 5.68. The smallest absolute Gasteiger partial charge is 0.303 e. The Kier molecular flexibility index (Phi) is 15.1. The lowest BCUT2D eigenvalue weighted by Crippen LogP contribution is -2.59. The largest absolute Gasteiger partial charge is 0.462 e. The van der Waals surface area contributed by atoms with Gasteiger partial charge in [0, 0.05) is 34.3 Å². The second-order valence-corrected chi connectivity index (χ2v) is 10.5. The minimum atomic E-state index is -1.50. The molecule has 0 aliphatic carbocycles. The Hall–Kier alpha value is -2.36. The number of rotatable bonds is 16. The number of carbonyl (C=O) groups is 4. The van der Waals surface area contributed by atoms with Gasteiger partial charge in [0.2, 0.25) is 0 Å². The molecule has 2 saturated heterocycles. The number of aliphatic hydroxyl groups is 2. The first kappa shape index (κ1) is 35.8. The third-order valence-electron chi connectivity index (χ3n) is 6.79. The molecule has 2 N–H and O–H groups in total. The van der Waals surface area contributed by atoms with Crippen molar-refractivity contribution in [3.63, 3.8) is 0 Å². The zero-order valence-electron chi connectivity index (χ0n) is 25.2. The molecule has 0 radical (unpaired) electrons. The molecule has 14 heteroatoms. The van der Waals surface area contributed by atoms with E-state index in [0.717, 1.165) is 59.8 Å². The van der Waals surface area contributed by atoms with Crippen LogP contribution < -0.4 is 0 Å². The molecule has 2 aliphatic heterocycles. The lowest BCUT2D eigenvalue weighted by Gasteiger charge is -2.42. The van der Waals surface area contributed by atoms with Crippen LogP contribution in [-0.2, 0) is 57.1 Å². The monoisotopic (exact) mass is 606 g/mol. The maximum atomic E-state index is 12.0. The topological polar surface area (TPSA) is 183 Å². The Bertz CT molecular complexity index is 881. The predicted molar refractivity (Wildman–Crippen MR) is 143 cm³/mol. The van der Waals surface area contributed by atoms with Crippen LogP contribution in [0.1, 0.15) is 80.1 Å². The van der Waals surface area contributed by atoms with Crippen LogP contribution >= 0.6 is 0 Å². The molecule has 2 rings (SSSR count).